The molecule has 0 radical (unpaired) electrons. The summed E-state index contributed by atoms with van der Waals surface area (Å²) in [6, 6.07) is 2.38. The second kappa shape index (κ2) is 4.53. The van der Waals surface area contributed by atoms with Crippen molar-refractivity contribution in [2.24, 2.45) is 21.1 Å². The molecule has 0 aromatic carbocycles. The van der Waals surface area contributed by atoms with Crippen LogP contribution in [0.4, 0.5) is 0 Å². The van der Waals surface area contributed by atoms with E-state index in [1.165, 1.54) is 0 Å². The Bertz CT molecular complexity index is 299. The lowest BCUT2D eigenvalue weighted by atomic mass is 9.76. The van der Waals surface area contributed by atoms with Gasteiger partial charge in [0, 0.05) is 5.41 Å². The van der Waals surface area contributed by atoms with Gasteiger partial charge in [-0.1, -0.05) is 41.5 Å². The summed E-state index contributed by atoms with van der Waals surface area (Å²) in [6.07, 6.45) is 0. The van der Waals surface area contributed by atoms with E-state index in [2.05, 4.69) is 37.1 Å². The predicted molar refractivity (Wildman–Crippen MR) is 67.2 cm³/mol. The molecule has 0 aromatic rings. The lowest BCUT2D eigenvalue weighted by Crippen LogP contribution is -2.36. The Morgan fingerprint density at radius 2 is 1.44 bits per heavy atom. The van der Waals surface area contributed by atoms with Gasteiger partial charge in [0.1, 0.15) is 0 Å². The van der Waals surface area contributed by atoms with Crippen molar-refractivity contribution in [3.8, 4) is 6.07 Å². The Morgan fingerprint density at radius 3 is 1.69 bits per heavy atom. The van der Waals surface area contributed by atoms with Crippen LogP contribution in [0.25, 0.3) is 0 Å². The largest absolute Gasteiger partial charge is 0.196 e. The van der Waals surface area contributed by atoms with Crippen molar-refractivity contribution in [3.05, 3.63) is 0 Å². The fourth-order valence-electron chi connectivity index (χ4n) is 0.715. The normalized spacial score (nSPS) is 19.2. The van der Waals surface area contributed by atoms with Gasteiger partial charge in [-0.25, -0.2) is 0 Å². The van der Waals surface area contributed by atoms with Crippen LogP contribution in [0.15, 0.2) is 10.2 Å². The Balaban J connectivity index is 4.97. The van der Waals surface area contributed by atoms with Crippen LogP contribution in [-0.2, 0) is 0 Å². The highest BCUT2D eigenvalue weighted by Crippen LogP contribution is 2.34. The van der Waals surface area contributed by atoms with E-state index >= 15 is 0 Å². The molecule has 0 rings (SSSR count). The molecule has 0 amide bonds. The summed E-state index contributed by atoms with van der Waals surface area (Å²) < 4.78 is 0. The molecule has 0 aromatic heterocycles. The third-order valence-corrected chi connectivity index (χ3v) is 3.36. The first-order valence-corrected chi connectivity index (χ1v) is 5.77. The highest BCUT2D eigenvalue weighted by molar-refractivity contribution is 5.10. The molecule has 0 fully saturated rings. The minimum Gasteiger partial charge on any atom is -0.196 e. The smallest absolute Gasteiger partial charge is 0.169 e. The van der Waals surface area contributed by atoms with Gasteiger partial charge in [0.25, 0.3) is 0 Å². The SMILES string of the molecule is CC(N=NC(C)(C#N)C(C)(C)C)C(C)(C)C. The Morgan fingerprint density at radius 1 is 1.00 bits per heavy atom. The second-order valence-electron chi connectivity index (χ2n) is 6.69. The quantitative estimate of drug-likeness (QED) is 0.647. The first-order valence-electron chi connectivity index (χ1n) is 5.77. The molecule has 2 atom stereocenters. The van der Waals surface area contributed by atoms with Crippen molar-refractivity contribution in [3.63, 3.8) is 0 Å². The highest BCUT2D eigenvalue weighted by atomic mass is 15.2. The molecule has 0 spiro atoms. The van der Waals surface area contributed by atoms with Gasteiger partial charge in [-0.2, -0.15) is 15.5 Å². The van der Waals surface area contributed by atoms with Gasteiger partial charge in [-0.15, -0.1) is 0 Å². The summed E-state index contributed by atoms with van der Waals surface area (Å²) in [5.74, 6) is 0. The summed E-state index contributed by atoms with van der Waals surface area (Å²) in [5, 5.41) is 17.8. The Labute approximate surface area is 100.0 Å². The second-order valence-corrected chi connectivity index (χ2v) is 6.69. The molecule has 16 heavy (non-hydrogen) atoms. The van der Waals surface area contributed by atoms with E-state index in [4.69, 9.17) is 0 Å². The fourth-order valence-corrected chi connectivity index (χ4v) is 0.715. The molecule has 0 aliphatic heterocycles. The summed E-state index contributed by atoms with van der Waals surface area (Å²) >= 11 is 0. The van der Waals surface area contributed by atoms with E-state index in [0.717, 1.165) is 0 Å². The zero-order valence-corrected chi connectivity index (χ0v) is 11.9. The van der Waals surface area contributed by atoms with Gasteiger partial charge >= 0.3 is 0 Å². The van der Waals surface area contributed by atoms with Crippen LogP contribution in [-0.4, -0.2) is 11.6 Å². The van der Waals surface area contributed by atoms with E-state index < -0.39 is 5.54 Å². The number of azo groups is 1. The standard InChI is InChI=1S/C13H25N3/c1-10(11(2,3)4)15-16-13(8,9-14)12(5,6)7/h10H,1-8H3. The van der Waals surface area contributed by atoms with Gasteiger partial charge in [-0.05, 0) is 19.3 Å². The van der Waals surface area contributed by atoms with Gasteiger partial charge < -0.3 is 0 Å². The van der Waals surface area contributed by atoms with Crippen LogP contribution in [0.1, 0.15) is 55.4 Å². The van der Waals surface area contributed by atoms with Gasteiger partial charge in [-0.3, -0.25) is 0 Å². The predicted octanol–water partition coefficient (Wildman–Crippen LogP) is 4.20. The van der Waals surface area contributed by atoms with E-state index in [0.29, 0.717) is 0 Å². The van der Waals surface area contributed by atoms with E-state index in [-0.39, 0.29) is 16.9 Å². The van der Waals surface area contributed by atoms with Crippen molar-refractivity contribution < 1.29 is 0 Å². The van der Waals surface area contributed by atoms with Gasteiger partial charge in [0.2, 0.25) is 0 Å². The van der Waals surface area contributed by atoms with Crippen LogP contribution in [0.3, 0.4) is 0 Å². The van der Waals surface area contributed by atoms with Crippen molar-refractivity contribution in [2.45, 2.75) is 67.0 Å². The summed E-state index contributed by atoms with van der Waals surface area (Å²) in [6.45, 7) is 16.3. The maximum atomic E-state index is 9.23. The maximum absolute atomic E-state index is 9.23. The highest BCUT2D eigenvalue weighted by Gasteiger charge is 2.38. The van der Waals surface area contributed by atoms with Crippen LogP contribution in [0.2, 0.25) is 0 Å². The third kappa shape index (κ3) is 3.59. The molecule has 0 aliphatic carbocycles. The summed E-state index contributed by atoms with van der Waals surface area (Å²) in [4.78, 5) is 0. The summed E-state index contributed by atoms with van der Waals surface area (Å²) in [7, 11) is 0. The van der Waals surface area contributed by atoms with Crippen molar-refractivity contribution in [1.29, 1.82) is 5.26 Å². The lowest BCUT2D eigenvalue weighted by Gasteiger charge is -2.32. The first-order chi connectivity index (χ1) is 6.94. The molecule has 0 saturated heterocycles. The van der Waals surface area contributed by atoms with E-state index in [1.807, 2.05) is 34.6 Å². The molecule has 0 aliphatic rings. The number of rotatable bonds is 2. The Hall–Kier alpha value is -0.910. The molecule has 3 nitrogen and oxygen atoms in total. The molecular weight excluding hydrogens is 198 g/mol. The zero-order valence-electron chi connectivity index (χ0n) is 11.9. The van der Waals surface area contributed by atoms with Crippen molar-refractivity contribution >= 4 is 0 Å². The molecule has 2 unspecified atom stereocenters. The molecule has 0 bridgehead atoms. The molecule has 0 heterocycles. The average molecular weight is 223 g/mol. The lowest BCUT2D eigenvalue weighted by molar-refractivity contribution is 0.246. The van der Waals surface area contributed by atoms with Crippen LogP contribution in [0.5, 0.6) is 0 Å². The number of nitrogens with zero attached hydrogens (tertiary/aromatic N) is 3. The monoisotopic (exact) mass is 223 g/mol. The number of nitriles is 1. The average Bonchev–Trinajstić information content (AvgIpc) is 2.10. The Kier molecular flexibility index (Phi) is 4.27. The van der Waals surface area contributed by atoms with E-state index in [9.17, 15) is 5.26 Å². The third-order valence-electron chi connectivity index (χ3n) is 3.36. The van der Waals surface area contributed by atoms with Gasteiger partial charge in [0.15, 0.2) is 5.54 Å². The number of hydrogen-bond donors (Lipinski definition) is 0. The molecule has 0 N–H and O–H groups in total. The van der Waals surface area contributed by atoms with Crippen LogP contribution >= 0.6 is 0 Å². The minimum absolute atomic E-state index is 0.0811. The summed E-state index contributed by atoms with van der Waals surface area (Å²) in [5.41, 5.74) is -0.882. The number of hydrogen-bond acceptors (Lipinski definition) is 3. The fraction of sp³-hybridized carbons (Fsp3) is 0.923. The first kappa shape index (κ1) is 15.1. The minimum atomic E-state index is -0.757. The molecular formula is C13H25N3. The molecule has 92 valence electrons. The van der Waals surface area contributed by atoms with Crippen LogP contribution < -0.4 is 0 Å². The maximum Gasteiger partial charge on any atom is 0.169 e. The topological polar surface area (TPSA) is 48.5 Å². The molecule has 3 heteroatoms. The molecule has 0 saturated carbocycles. The van der Waals surface area contributed by atoms with E-state index in [1.54, 1.807) is 0 Å². The zero-order chi connectivity index (χ0) is 13.2. The van der Waals surface area contributed by atoms with Crippen molar-refractivity contribution in [1.82, 2.24) is 0 Å². The van der Waals surface area contributed by atoms with Gasteiger partial charge in [0.05, 0.1) is 12.1 Å². The van der Waals surface area contributed by atoms with Crippen molar-refractivity contribution in [2.75, 3.05) is 0 Å². The van der Waals surface area contributed by atoms with Crippen LogP contribution in [0, 0.1) is 22.2 Å².